The van der Waals surface area contributed by atoms with Crippen LogP contribution >= 0.6 is 11.3 Å². The molecule has 2 aliphatic heterocycles. The molecule has 0 bridgehead atoms. The topological polar surface area (TPSA) is 37.4 Å². The zero-order valence-electron chi connectivity index (χ0n) is 17.4. The lowest BCUT2D eigenvalue weighted by atomic mass is 9.76. The number of aromatic nitrogens is 1. The molecule has 0 aromatic carbocycles. The summed E-state index contributed by atoms with van der Waals surface area (Å²) in [5, 5.41) is 5.76. The third-order valence-electron chi connectivity index (χ3n) is 6.85. The van der Waals surface area contributed by atoms with Crippen LogP contribution in [0.15, 0.2) is 35.8 Å². The van der Waals surface area contributed by atoms with Crippen LogP contribution < -0.4 is 5.32 Å². The Hall–Kier alpha value is -1.27. The second kappa shape index (κ2) is 8.23. The van der Waals surface area contributed by atoms with E-state index >= 15 is 0 Å². The first-order valence-corrected chi connectivity index (χ1v) is 11.4. The molecule has 5 heteroatoms. The predicted octanol–water partition coefficient (Wildman–Crippen LogP) is 4.00. The molecule has 1 N–H and O–H groups in total. The van der Waals surface area contributed by atoms with Gasteiger partial charge in [-0.25, -0.2) is 0 Å². The number of nitrogens with one attached hydrogen (secondary N) is 1. The molecule has 28 heavy (non-hydrogen) atoms. The number of hydrogen-bond donors (Lipinski definition) is 1. The van der Waals surface area contributed by atoms with Gasteiger partial charge in [-0.05, 0) is 69.7 Å². The van der Waals surface area contributed by atoms with Gasteiger partial charge >= 0.3 is 0 Å². The average molecular weight is 400 g/mol. The Labute approximate surface area is 173 Å². The summed E-state index contributed by atoms with van der Waals surface area (Å²) in [6.07, 6.45) is 5.90. The molecule has 2 aromatic rings. The van der Waals surface area contributed by atoms with E-state index in [9.17, 15) is 0 Å². The van der Waals surface area contributed by atoms with Gasteiger partial charge < -0.3 is 10.1 Å². The van der Waals surface area contributed by atoms with E-state index in [2.05, 4.69) is 71.8 Å². The third kappa shape index (κ3) is 4.04. The van der Waals surface area contributed by atoms with Crippen molar-refractivity contribution in [3.05, 3.63) is 52.0 Å². The summed E-state index contributed by atoms with van der Waals surface area (Å²) >= 11 is 1.88. The lowest BCUT2D eigenvalue weighted by molar-refractivity contribution is -0.0612. The van der Waals surface area contributed by atoms with Crippen molar-refractivity contribution in [2.75, 3.05) is 32.8 Å². The minimum absolute atomic E-state index is 0.0204. The van der Waals surface area contributed by atoms with E-state index in [1.807, 2.05) is 11.3 Å². The summed E-state index contributed by atoms with van der Waals surface area (Å²) < 4.78 is 6.32. The molecule has 0 aliphatic carbocycles. The number of morpholine rings is 1. The van der Waals surface area contributed by atoms with Gasteiger partial charge in [0.15, 0.2) is 0 Å². The van der Waals surface area contributed by atoms with Crippen LogP contribution in [-0.4, -0.2) is 48.8 Å². The maximum Gasteiger partial charge on any atom is 0.0769 e. The average Bonchev–Trinajstić information content (AvgIpc) is 3.38. The smallest absolute Gasteiger partial charge is 0.0769 e. The molecule has 4 nitrogen and oxygen atoms in total. The Kier molecular flexibility index (Phi) is 5.88. The Morgan fingerprint density at radius 1 is 1.36 bits per heavy atom. The van der Waals surface area contributed by atoms with Gasteiger partial charge in [-0.15, -0.1) is 11.3 Å². The largest absolute Gasteiger partial charge is 0.375 e. The molecule has 152 valence electrons. The Balaban J connectivity index is 1.54. The molecule has 0 amide bonds. The molecular weight excluding hydrogens is 366 g/mol. The van der Waals surface area contributed by atoms with Crippen molar-refractivity contribution < 1.29 is 4.74 Å². The number of pyridine rings is 1. The second-order valence-electron chi connectivity index (χ2n) is 8.92. The highest BCUT2D eigenvalue weighted by atomic mass is 32.1. The van der Waals surface area contributed by atoms with Crippen molar-refractivity contribution in [1.29, 1.82) is 0 Å². The van der Waals surface area contributed by atoms with Crippen molar-refractivity contribution >= 4 is 11.3 Å². The minimum Gasteiger partial charge on any atom is -0.375 e. The highest BCUT2D eigenvalue weighted by Gasteiger charge is 2.48. The van der Waals surface area contributed by atoms with E-state index in [0.29, 0.717) is 6.10 Å². The minimum atomic E-state index is -0.0204. The zero-order chi connectivity index (χ0) is 19.6. The van der Waals surface area contributed by atoms with Crippen LogP contribution in [-0.2, 0) is 16.7 Å². The van der Waals surface area contributed by atoms with E-state index in [0.717, 1.165) is 44.9 Å². The molecule has 2 saturated heterocycles. The number of ether oxygens (including phenoxy) is 1. The number of aryl methyl sites for hydroxylation is 2. The predicted molar refractivity (Wildman–Crippen MR) is 116 cm³/mol. The monoisotopic (exact) mass is 399 g/mol. The van der Waals surface area contributed by atoms with Crippen LogP contribution in [0.1, 0.15) is 42.8 Å². The number of nitrogens with zero attached hydrogens (tertiary/aromatic N) is 2. The van der Waals surface area contributed by atoms with E-state index in [1.54, 1.807) is 0 Å². The zero-order valence-corrected chi connectivity index (χ0v) is 18.2. The fraction of sp³-hybridized carbons (Fsp3) is 0.609. The molecule has 4 heterocycles. The summed E-state index contributed by atoms with van der Waals surface area (Å²) in [6.45, 7) is 11.7. The van der Waals surface area contributed by atoms with Crippen LogP contribution in [0.4, 0.5) is 0 Å². The fourth-order valence-electron chi connectivity index (χ4n) is 4.80. The van der Waals surface area contributed by atoms with Crippen molar-refractivity contribution in [2.24, 2.45) is 5.41 Å². The first-order valence-electron chi connectivity index (χ1n) is 10.5. The summed E-state index contributed by atoms with van der Waals surface area (Å²) in [5.74, 6) is 0. The SMILES string of the molecule is Cc1ccc(C(C)(C)N2CCC(CCc3cccs3)([C@@H]3CNCCO3)C2)cn1. The maximum absolute atomic E-state index is 6.32. The molecule has 2 aromatic heterocycles. The van der Waals surface area contributed by atoms with Gasteiger partial charge in [-0.2, -0.15) is 0 Å². The van der Waals surface area contributed by atoms with E-state index in [-0.39, 0.29) is 11.0 Å². The second-order valence-corrected chi connectivity index (χ2v) is 9.96. The number of likely N-dealkylation sites (tertiary alicyclic amines) is 1. The van der Waals surface area contributed by atoms with Crippen LogP contribution in [0.5, 0.6) is 0 Å². The molecule has 2 atom stereocenters. The number of rotatable bonds is 6. The molecule has 0 saturated carbocycles. The highest BCUT2D eigenvalue weighted by molar-refractivity contribution is 7.09. The normalized spacial score (nSPS) is 26.6. The lowest BCUT2D eigenvalue weighted by Gasteiger charge is -2.42. The van der Waals surface area contributed by atoms with Crippen molar-refractivity contribution in [2.45, 2.75) is 51.7 Å². The van der Waals surface area contributed by atoms with E-state index in [1.165, 1.54) is 23.3 Å². The van der Waals surface area contributed by atoms with Crippen LogP contribution in [0.25, 0.3) is 0 Å². The molecule has 4 rings (SSSR count). The number of hydrogen-bond acceptors (Lipinski definition) is 5. The summed E-state index contributed by atoms with van der Waals surface area (Å²) in [6, 6.07) is 8.81. The van der Waals surface area contributed by atoms with Crippen LogP contribution in [0.3, 0.4) is 0 Å². The molecule has 0 spiro atoms. The van der Waals surface area contributed by atoms with Gasteiger partial charge in [-0.1, -0.05) is 12.1 Å². The molecule has 1 unspecified atom stereocenters. The lowest BCUT2D eigenvalue weighted by Crippen LogP contribution is -2.51. The Morgan fingerprint density at radius 2 is 2.25 bits per heavy atom. The van der Waals surface area contributed by atoms with Gasteiger partial charge in [0.2, 0.25) is 0 Å². The molecular formula is C23H33N3OS. The third-order valence-corrected chi connectivity index (χ3v) is 7.79. The van der Waals surface area contributed by atoms with Gasteiger partial charge in [0.05, 0.1) is 12.7 Å². The van der Waals surface area contributed by atoms with Crippen molar-refractivity contribution in [3.8, 4) is 0 Å². The molecule has 0 radical (unpaired) electrons. The van der Waals surface area contributed by atoms with Gasteiger partial charge in [0, 0.05) is 47.4 Å². The summed E-state index contributed by atoms with van der Waals surface area (Å²) in [5.41, 5.74) is 2.57. The first-order chi connectivity index (χ1) is 13.5. The summed E-state index contributed by atoms with van der Waals surface area (Å²) in [4.78, 5) is 8.70. The van der Waals surface area contributed by atoms with Crippen LogP contribution in [0, 0.1) is 12.3 Å². The summed E-state index contributed by atoms with van der Waals surface area (Å²) in [7, 11) is 0. The van der Waals surface area contributed by atoms with Gasteiger partial charge in [-0.3, -0.25) is 9.88 Å². The first kappa shape index (κ1) is 20.0. The van der Waals surface area contributed by atoms with Gasteiger partial charge in [0.25, 0.3) is 0 Å². The standard InChI is InChI=1S/C23H33N3OS/c1-18-6-7-19(15-25-18)22(2,3)26-12-10-23(17-26,21-16-24-11-13-27-21)9-8-20-5-4-14-28-20/h4-7,14-15,21,24H,8-13,16-17H2,1-3H3/t21-,23?/m0/s1. The molecule has 2 fully saturated rings. The molecule has 2 aliphatic rings. The quantitative estimate of drug-likeness (QED) is 0.797. The highest BCUT2D eigenvalue weighted by Crippen LogP contribution is 2.45. The fourth-order valence-corrected chi connectivity index (χ4v) is 5.51. The van der Waals surface area contributed by atoms with Crippen LogP contribution in [0.2, 0.25) is 0 Å². The van der Waals surface area contributed by atoms with Crippen molar-refractivity contribution in [3.63, 3.8) is 0 Å². The Morgan fingerprint density at radius 3 is 2.93 bits per heavy atom. The van der Waals surface area contributed by atoms with Crippen molar-refractivity contribution in [1.82, 2.24) is 15.2 Å². The maximum atomic E-state index is 6.32. The Bertz CT molecular complexity index is 753. The van der Waals surface area contributed by atoms with Gasteiger partial charge in [0.1, 0.15) is 0 Å². The number of thiophene rings is 1. The van der Waals surface area contributed by atoms with E-state index in [4.69, 9.17) is 4.74 Å². The van der Waals surface area contributed by atoms with E-state index < -0.39 is 0 Å².